The predicted molar refractivity (Wildman–Crippen MR) is 89.3 cm³/mol. The predicted octanol–water partition coefficient (Wildman–Crippen LogP) is 4.26. The molecule has 1 aromatic heterocycles. The summed E-state index contributed by atoms with van der Waals surface area (Å²) in [5, 5.41) is 0. The molecule has 3 nitrogen and oxygen atoms in total. The topological polar surface area (TPSA) is 21.1 Å². The van der Waals surface area contributed by atoms with Crippen LogP contribution in [0.15, 0.2) is 16.6 Å². The maximum atomic E-state index is 13.7. The van der Waals surface area contributed by atoms with Crippen LogP contribution >= 0.6 is 27.5 Å². The Kier molecular flexibility index (Phi) is 4.96. The Morgan fingerprint density at radius 1 is 1.38 bits per heavy atom. The van der Waals surface area contributed by atoms with E-state index in [1.807, 2.05) is 0 Å². The first kappa shape index (κ1) is 16.7. The van der Waals surface area contributed by atoms with E-state index >= 15 is 0 Å². The second-order valence-corrected chi connectivity index (χ2v) is 7.53. The summed E-state index contributed by atoms with van der Waals surface area (Å²) >= 11 is 9.26. The lowest BCUT2D eigenvalue weighted by atomic mass is 9.92. The first-order chi connectivity index (χ1) is 9.73. The highest BCUT2D eigenvalue weighted by atomic mass is 79.9. The third-order valence-electron chi connectivity index (χ3n) is 3.32. The minimum Gasteiger partial charge on any atom is -0.326 e. The second-order valence-electron chi connectivity index (χ2n) is 6.40. The molecular formula is C15H20BrClFN3. The van der Waals surface area contributed by atoms with Crippen LogP contribution in [-0.4, -0.2) is 35.1 Å². The number of nitrogens with zero attached hydrogens (tertiary/aromatic N) is 3. The van der Waals surface area contributed by atoms with Crippen LogP contribution in [0.4, 0.5) is 4.39 Å². The van der Waals surface area contributed by atoms with E-state index in [0.717, 1.165) is 24.4 Å². The average Bonchev–Trinajstić information content (AvgIpc) is 2.65. The number of imidazole rings is 1. The van der Waals surface area contributed by atoms with Gasteiger partial charge >= 0.3 is 0 Å². The third-order valence-corrected chi connectivity index (χ3v) is 4.17. The molecule has 0 atom stereocenters. The van der Waals surface area contributed by atoms with Crippen molar-refractivity contribution in [1.29, 1.82) is 0 Å². The lowest BCUT2D eigenvalue weighted by Gasteiger charge is -2.29. The number of hydrogen-bond acceptors (Lipinski definition) is 2. The Morgan fingerprint density at radius 3 is 2.62 bits per heavy atom. The zero-order valence-corrected chi connectivity index (χ0v) is 15.1. The van der Waals surface area contributed by atoms with Gasteiger partial charge in [-0.3, -0.25) is 0 Å². The number of fused-ring (bicyclic) bond motifs is 1. The summed E-state index contributed by atoms with van der Waals surface area (Å²) in [5.41, 5.74) is 1.61. The van der Waals surface area contributed by atoms with E-state index in [4.69, 9.17) is 11.6 Å². The smallest absolute Gasteiger partial charge is 0.139 e. The van der Waals surface area contributed by atoms with Gasteiger partial charge in [0, 0.05) is 19.2 Å². The Hall–Kier alpha value is -0.650. The molecule has 0 saturated heterocycles. The molecule has 116 valence electrons. The van der Waals surface area contributed by atoms with E-state index in [1.54, 1.807) is 6.07 Å². The molecule has 6 heteroatoms. The molecule has 0 radical (unpaired) electrons. The molecule has 0 saturated carbocycles. The summed E-state index contributed by atoms with van der Waals surface area (Å²) in [6.45, 7) is 6.13. The molecule has 0 N–H and O–H groups in total. The molecule has 1 heterocycles. The molecule has 1 aromatic carbocycles. The lowest BCUT2D eigenvalue weighted by molar-refractivity contribution is 0.212. The normalized spacial score (nSPS) is 12.6. The summed E-state index contributed by atoms with van der Waals surface area (Å²) < 4.78 is 16.2. The van der Waals surface area contributed by atoms with E-state index in [0.29, 0.717) is 15.9 Å². The van der Waals surface area contributed by atoms with Crippen molar-refractivity contribution in [3.8, 4) is 0 Å². The Labute approximate surface area is 138 Å². The van der Waals surface area contributed by atoms with Crippen molar-refractivity contribution in [2.24, 2.45) is 5.41 Å². The van der Waals surface area contributed by atoms with E-state index in [2.05, 4.69) is 58.3 Å². The largest absolute Gasteiger partial charge is 0.326 e. The lowest BCUT2D eigenvalue weighted by Crippen LogP contribution is -2.32. The minimum atomic E-state index is -0.305. The summed E-state index contributed by atoms with van der Waals surface area (Å²) in [7, 11) is 4.12. The van der Waals surface area contributed by atoms with Gasteiger partial charge in [-0.15, -0.1) is 11.6 Å². The fourth-order valence-corrected chi connectivity index (χ4v) is 3.32. The maximum absolute atomic E-state index is 13.7. The summed E-state index contributed by atoms with van der Waals surface area (Å²) in [4.78, 5) is 6.61. The van der Waals surface area contributed by atoms with Crippen molar-refractivity contribution in [2.45, 2.75) is 26.3 Å². The van der Waals surface area contributed by atoms with Gasteiger partial charge in [0.15, 0.2) is 0 Å². The fourth-order valence-electron chi connectivity index (χ4n) is 2.78. The summed E-state index contributed by atoms with van der Waals surface area (Å²) in [6, 6.07) is 3.23. The average molecular weight is 377 g/mol. The van der Waals surface area contributed by atoms with Crippen molar-refractivity contribution in [2.75, 3.05) is 20.6 Å². The van der Waals surface area contributed by atoms with Gasteiger partial charge in [-0.05, 0) is 41.5 Å². The van der Waals surface area contributed by atoms with Gasteiger partial charge in [0.1, 0.15) is 11.6 Å². The Balaban J connectivity index is 2.49. The number of hydrogen-bond donors (Lipinski definition) is 0. The molecule has 2 rings (SSSR count). The van der Waals surface area contributed by atoms with Crippen molar-refractivity contribution in [1.82, 2.24) is 14.5 Å². The quantitative estimate of drug-likeness (QED) is 0.727. The van der Waals surface area contributed by atoms with Crippen LogP contribution < -0.4 is 0 Å². The van der Waals surface area contributed by atoms with Gasteiger partial charge in [-0.2, -0.15) is 0 Å². The van der Waals surface area contributed by atoms with Crippen LogP contribution in [0.25, 0.3) is 11.0 Å². The summed E-state index contributed by atoms with van der Waals surface area (Å²) in [5.74, 6) is 0.781. The van der Waals surface area contributed by atoms with E-state index < -0.39 is 0 Å². The van der Waals surface area contributed by atoms with Gasteiger partial charge in [0.2, 0.25) is 0 Å². The number of halogens is 3. The van der Waals surface area contributed by atoms with Crippen LogP contribution in [0.1, 0.15) is 19.7 Å². The number of aromatic nitrogens is 2. The monoisotopic (exact) mass is 375 g/mol. The summed E-state index contributed by atoms with van der Waals surface area (Å²) in [6.07, 6.45) is 0. The molecule has 0 unspecified atom stereocenters. The second kappa shape index (κ2) is 6.23. The van der Waals surface area contributed by atoms with Crippen molar-refractivity contribution in [3.05, 3.63) is 28.2 Å². The molecule has 0 aliphatic rings. The van der Waals surface area contributed by atoms with Gasteiger partial charge in [0.25, 0.3) is 0 Å². The Morgan fingerprint density at radius 2 is 2.05 bits per heavy atom. The number of rotatable bonds is 5. The number of alkyl halides is 1. The first-order valence-corrected chi connectivity index (χ1v) is 8.11. The number of benzene rings is 1. The van der Waals surface area contributed by atoms with Crippen LogP contribution in [0, 0.1) is 11.2 Å². The maximum Gasteiger partial charge on any atom is 0.139 e. The molecule has 0 fully saturated rings. The highest BCUT2D eigenvalue weighted by molar-refractivity contribution is 9.10. The van der Waals surface area contributed by atoms with Crippen LogP contribution in [0.3, 0.4) is 0 Å². The Bertz CT molecular complexity index is 652. The highest BCUT2D eigenvalue weighted by Gasteiger charge is 2.23. The molecule has 0 spiro atoms. The molecule has 0 amide bonds. The zero-order valence-electron chi connectivity index (χ0n) is 12.8. The van der Waals surface area contributed by atoms with Crippen molar-refractivity contribution < 1.29 is 4.39 Å². The van der Waals surface area contributed by atoms with Crippen LogP contribution in [0.2, 0.25) is 0 Å². The van der Waals surface area contributed by atoms with E-state index in [-0.39, 0.29) is 11.2 Å². The van der Waals surface area contributed by atoms with Crippen LogP contribution in [-0.2, 0) is 12.4 Å². The highest BCUT2D eigenvalue weighted by Crippen LogP contribution is 2.28. The SMILES string of the molecule is CN(C)CC(C)(C)Cn1c(CCl)nc2cc(F)c(Br)cc21. The molecule has 0 bridgehead atoms. The molecule has 0 aliphatic carbocycles. The molecule has 0 aliphatic heterocycles. The zero-order chi connectivity index (χ0) is 15.8. The van der Waals surface area contributed by atoms with Gasteiger partial charge in [0.05, 0.1) is 21.4 Å². The van der Waals surface area contributed by atoms with E-state index in [9.17, 15) is 4.39 Å². The molecule has 21 heavy (non-hydrogen) atoms. The van der Waals surface area contributed by atoms with Crippen molar-refractivity contribution in [3.63, 3.8) is 0 Å². The van der Waals surface area contributed by atoms with Gasteiger partial charge in [-0.1, -0.05) is 13.8 Å². The third kappa shape index (κ3) is 3.76. The molecular weight excluding hydrogens is 357 g/mol. The molecule has 2 aromatic rings. The first-order valence-electron chi connectivity index (χ1n) is 6.78. The van der Waals surface area contributed by atoms with Crippen LogP contribution in [0.5, 0.6) is 0 Å². The van der Waals surface area contributed by atoms with Gasteiger partial charge < -0.3 is 9.47 Å². The van der Waals surface area contributed by atoms with E-state index in [1.165, 1.54) is 6.07 Å². The fraction of sp³-hybridized carbons (Fsp3) is 0.533. The standard InChI is InChI=1S/C15H20BrClFN3/c1-15(2,8-20(3)4)9-21-13-5-10(16)11(18)6-12(13)19-14(21)7-17/h5-6H,7-9H2,1-4H3. The minimum absolute atomic E-state index is 0.0544. The van der Waals surface area contributed by atoms with Crippen molar-refractivity contribution >= 4 is 38.6 Å². The van der Waals surface area contributed by atoms with Gasteiger partial charge in [-0.25, -0.2) is 9.37 Å².